The number of ether oxygens (including phenoxy) is 1. The molecule has 248 valence electrons. The third-order valence-electron chi connectivity index (χ3n) is 6.78. The molecule has 0 spiro atoms. The van der Waals surface area contributed by atoms with Crippen molar-refractivity contribution >= 4 is 45.9 Å². The van der Waals surface area contributed by atoms with Gasteiger partial charge in [-0.15, -0.1) is 0 Å². The van der Waals surface area contributed by atoms with Crippen molar-refractivity contribution < 1.29 is 45.8 Å². The van der Waals surface area contributed by atoms with Crippen LogP contribution in [0.25, 0.3) is 11.0 Å². The maximum atomic E-state index is 13.4. The first-order chi connectivity index (χ1) is 22.6. The summed E-state index contributed by atoms with van der Waals surface area (Å²) in [6, 6.07) is 14.1. The lowest BCUT2D eigenvalue weighted by molar-refractivity contribution is -0.143. The lowest BCUT2D eigenvalue weighted by Gasteiger charge is -2.17. The number of fused-ring (bicyclic) bond motifs is 1. The maximum Gasteiger partial charge on any atom is 0.416 e. The van der Waals surface area contributed by atoms with E-state index in [9.17, 15) is 35.9 Å². The molecule has 2 heterocycles. The maximum absolute atomic E-state index is 13.4. The smallest absolute Gasteiger partial charge is 0.416 e. The van der Waals surface area contributed by atoms with Gasteiger partial charge in [-0.3, -0.25) is 10.1 Å². The van der Waals surface area contributed by atoms with E-state index >= 15 is 0 Å². The van der Waals surface area contributed by atoms with Gasteiger partial charge >= 0.3 is 18.4 Å². The monoisotopic (exact) mass is 670 g/mol. The van der Waals surface area contributed by atoms with E-state index in [-0.39, 0.29) is 46.4 Å². The molecule has 0 saturated carbocycles. The Bertz CT molecular complexity index is 1970. The number of anilines is 4. The second kappa shape index (κ2) is 13.1. The van der Waals surface area contributed by atoms with Crippen molar-refractivity contribution in [3.05, 3.63) is 102 Å². The van der Waals surface area contributed by atoms with Gasteiger partial charge in [-0.1, -0.05) is 13.8 Å². The summed E-state index contributed by atoms with van der Waals surface area (Å²) in [5, 5.41) is 17.0. The number of carbonyl (C=O) groups excluding carboxylic acids is 1. The Labute approximate surface area is 267 Å². The number of aromatic nitrogens is 3. The Morgan fingerprint density at radius 1 is 0.792 bits per heavy atom. The van der Waals surface area contributed by atoms with Gasteiger partial charge < -0.3 is 20.5 Å². The largest absolute Gasteiger partial charge is 0.465 e. The van der Waals surface area contributed by atoms with E-state index in [1.54, 1.807) is 12.1 Å². The summed E-state index contributed by atoms with van der Waals surface area (Å²) in [6.07, 6.45) is -10.3. The van der Waals surface area contributed by atoms with Gasteiger partial charge in [0.2, 0.25) is 0 Å². The first kappa shape index (κ1) is 33.4. The van der Waals surface area contributed by atoms with Gasteiger partial charge in [0.15, 0.2) is 11.4 Å². The SMILES string of the molecule is CC(C)c1ccc2c(Nc3cc(NC(=O)c4cc(C(F)(F)F)cc(C(F)(F)F)c4)ccc3Oc3ccc(NC(=O)O)cc3)ncnc2n1. The summed E-state index contributed by atoms with van der Waals surface area (Å²) >= 11 is 0. The van der Waals surface area contributed by atoms with Crippen molar-refractivity contribution in [2.24, 2.45) is 0 Å². The molecule has 0 atom stereocenters. The van der Waals surface area contributed by atoms with Crippen LogP contribution in [0.2, 0.25) is 0 Å². The fourth-order valence-corrected chi connectivity index (χ4v) is 4.45. The summed E-state index contributed by atoms with van der Waals surface area (Å²) in [7, 11) is 0. The Balaban J connectivity index is 1.52. The number of pyridine rings is 1. The molecule has 3 aromatic carbocycles. The fourth-order valence-electron chi connectivity index (χ4n) is 4.45. The van der Waals surface area contributed by atoms with Crippen LogP contribution < -0.4 is 20.7 Å². The molecule has 2 amide bonds. The van der Waals surface area contributed by atoms with Gasteiger partial charge in [0.1, 0.15) is 17.9 Å². The highest BCUT2D eigenvalue weighted by molar-refractivity contribution is 6.05. The molecule has 0 unspecified atom stereocenters. The first-order valence-corrected chi connectivity index (χ1v) is 14.0. The van der Waals surface area contributed by atoms with E-state index in [2.05, 4.69) is 30.9 Å². The van der Waals surface area contributed by atoms with E-state index in [0.717, 1.165) is 5.69 Å². The van der Waals surface area contributed by atoms with E-state index in [1.165, 1.54) is 48.8 Å². The van der Waals surface area contributed by atoms with Gasteiger partial charge in [-0.2, -0.15) is 26.3 Å². The number of benzene rings is 3. The van der Waals surface area contributed by atoms with Gasteiger partial charge in [0.05, 0.1) is 22.2 Å². The highest BCUT2D eigenvalue weighted by Gasteiger charge is 2.37. The first-order valence-electron chi connectivity index (χ1n) is 14.0. The number of hydrogen-bond donors (Lipinski definition) is 4. The zero-order chi connectivity index (χ0) is 34.8. The zero-order valence-corrected chi connectivity index (χ0v) is 24.9. The van der Waals surface area contributed by atoms with E-state index in [0.29, 0.717) is 23.2 Å². The highest BCUT2D eigenvalue weighted by Crippen LogP contribution is 2.38. The highest BCUT2D eigenvalue weighted by atomic mass is 19.4. The fraction of sp³-hybridized carbons (Fsp3) is 0.156. The second-order valence-corrected chi connectivity index (χ2v) is 10.6. The Kier molecular flexibility index (Phi) is 9.09. The standard InChI is InChI=1S/C32H24F6N6O4/c1-16(2)24-9-8-23-27(43-24)39-15-40-28(23)44-25-14-21(5-10-26(25)48-22-6-3-20(4-7-22)42-30(46)47)41-29(45)17-11-18(31(33,34)35)13-19(12-17)32(36,37)38/h3-16,42H,1-2H3,(H,41,45)(H,46,47)(H,39,40,43,44). The number of nitrogens with one attached hydrogen (secondary N) is 3. The van der Waals surface area contributed by atoms with Crippen LogP contribution >= 0.6 is 0 Å². The predicted molar refractivity (Wildman–Crippen MR) is 164 cm³/mol. The Morgan fingerprint density at radius 3 is 2.04 bits per heavy atom. The average Bonchev–Trinajstić information content (AvgIpc) is 3.01. The number of hydrogen-bond acceptors (Lipinski definition) is 7. The van der Waals surface area contributed by atoms with Crippen LogP contribution in [0, 0.1) is 0 Å². The summed E-state index contributed by atoms with van der Waals surface area (Å²) in [5.74, 6) is -0.424. The lowest BCUT2D eigenvalue weighted by atomic mass is 10.0. The molecule has 4 N–H and O–H groups in total. The predicted octanol–water partition coefficient (Wildman–Crippen LogP) is 9.06. The van der Waals surface area contributed by atoms with Crippen LogP contribution in [-0.2, 0) is 12.4 Å². The number of halogens is 6. The number of nitrogens with zero attached hydrogens (tertiary/aromatic N) is 3. The molecule has 48 heavy (non-hydrogen) atoms. The minimum atomic E-state index is -5.14. The number of carboxylic acid groups (broad SMARTS) is 1. The van der Waals surface area contributed by atoms with Gasteiger partial charge in [-0.25, -0.2) is 19.7 Å². The lowest BCUT2D eigenvalue weighted by Crippen LogP contribution is -2.17. The van der Waals surface area contributed by atoms with Crippen LogP contribution in [0.5, 0.6) is 11.5 Å². The third kappa shape index (κ3) is 7.89. The van der Waals surface area contributed by atoms with Crippen molar-refractivity contribution in [2.45, 2.75) is 32.1 Å². The summed E-state index contributed by atoms with van der Waals surface area (Å²) in [5.41, 5.74) is -2.55. The van der Waals surface area contributed by atoms with Crippen molar-refractivity contribution in [2.75, 3.05) is 16.0 Å². The summed E-state index contributed by atoms with van der Waals surface area (Å²) in [4.78, 5) is 37.0. The second-order valence-electron chi connectivity index (χ2n) is 10.6. The molecule has 0 saturated heterocycles. The Hall–Kier alpha value is -5.93. The van der Waals surface area contributed by atoms with Crippen LogP contribution in [-0.4, -0.2) is 32.1 Å². The van der Waals surface area contributed by atoms with Gasteiger partial charge in [0, 0.05) is 22.6 Å². The average molecular weight is 671 g/mol. The van der Waals surface area contributed by atoms with Crippen molar-refractivity contribution in [3.63, 3.8) is 0 Å². The van der Waals surface area contributed by atoms with E-state index < -0.39 is 41.0 Å². The summed E-state index contributed by atoms with van der Waals surface area (Å²) in [6.45, 7) is 3.93. The van der Waals surface area contributed by atoms with Crippen molar-refractivity contribution in [3.8, 4) is 11.5 Å². The number of carbonyl (C=O) groups is 2. The molecule has 0 aliphatic carbocycles. The quantitative estimate of drug-likeness (QED) is 0.120. The number of rotatable bonds is 8. The number of alkyl halides is 6. The van der Waals surface area contributed by atoms with Crippen LogP contribution in [0.15, 0.2) is 79.1 Å². The molecule has 5 rings (SSSR count). The van der Waals surface area contributed by atoms with Crippen LogP contribution in [0.1, 0.15) is 46.9 Å². The molecule has 10 nitrogen and oxygen atoms in total. The normalized spacial score (nSPS) is 11.8. The molecule has 0 aliphatic rings. The molecule has 5 aromatic rings. The molecular formula is C32H24F6N6O4. The van der Waals surface area contributed by atoms with Crippen LogP contribution in [0.3, 0.4) is 0 Å². The Morgan fingerprint density at radius 2 is 1.44 bits per heavy atom. The molecule has 0 bridgehead atoms. The molecule has 0 fully saturated rings. The number of amides is 2. The van der Waals surface area contributed by atoms with Crippen LogP contribution in [0.4, 0.5) is 54.0 Å². The molecular weight excluding hydrogens is 646 g/mol. The van der Waals surface area contributed by atoms with E-state index in [1.807, 2.05) is 13.8 Å². The molecule has 0 aliphatic heterocycles. The zero-order valence-electron chi connectivity index (χ0n) is 24.9. The van der Waals surface area contributed by atoms with Crippen molar-refractivity contribution in [1.82, 2.24) is 15.0 Å². The van der Waals surface area contributed by atoms with Gasteiger partial charge in [-0.05, 0) is 78.7 Å². The molecule has 0 radical (unpaired) electrons. The minimum Gasteiger partial charge on any atom is -0.465 e. The topological polar surface area (TPSA) is 138 Å². The molecule has 2 aromatic heterocycles. The summed E-state index contributed by atoms with van der Waals surface area (Å²) < 4.78 is 86.4. The molecule has 16 heteroatoms. The van der Waals surface area contributed by atoms with E-state index in [4.69, 9.17) is 9.84 Å². The third-order valence-corrected chi connectivity index (χ3v) is 6.78. The minimum absolute atomic E-state index is 0.0135. The van der Waals surface area contributed by atoms with Gasteiger partial charge in [0.25, 0.3) is 5.91 Å². The van der Waals surface area contributed by atoms with Crippen molar-refractivity contribution in [1.29, 1.82) is 0 Å².